The van der Waals surface area contributed by atoms with Gasteiger partial charge in [-0.25, -0.2) is 13.6 Å². The van der Waals surface area contributed by atoms with Gasteiger partial charge in [-0.2, -0.15) is 10.4 Å². The van der Waals surface area contributed by atoms with Crippen molar-refractivity contribution >= 4 is 22.9 Å². The maximum absolute atomic E-state index is 13.4. The molecule has 2 aliphatic carbocycles. The summed E-state index contributed by atoms with van der Waals surface area (Å²) in [7, 11) is 1.83. The summed E-state index contributed by atoms with van der Waals surface area (Å²) < 4.78 is 33.5. The van der Waals surface area contributed by atoms with E-state index in [4.69, 9.17) is 4.74 Å². The van der Waals surface area contributed by atoms with Gasteiger partial charge in [0.15, 0.2) is 6.10 Å². The standard InChI is InChI=1S/C22H22F2N6O2/c1-28-13-14(12-27-28)15-10-17-20(16(15)11-25)18(3-5-26-17)29-6-8-30(9-7-29)21(31)32-19-2-4-22(19,23)24/h3,5,12-13,19H,2,4,6-10H2,1H3/t19-/m1/s1. The van der Waals surface area contributed by atoms with E-state index in [-0.39, 0.29) is 12.8 Å². The number of nitrogens with zero attached hydrogens (tertiary/aromatic N) is 6. The smallest absolute Gasteiger partial charge is 0.410 e. The lowest BCUT2D eigenvalue weighted by Crippen LogP contribution is -2.53. The molecule has 0 spiro atoms. The quantitative estimate of drug-likeness (QED) is 0.730. The number of alkyl halides is 2. The predicted molar refractivity (Wildman–Crippen MR) is 112 cm³/mol. The van der Waals surface area contributed by atoms with E-state index in [2.05, 4.69) is 21.1 Å². The Bertz CT molecular complexity index is 1140. The first kappa shape index (κ1) is 20.4. The van der Waals surface area contributed by atoms with E-state index in [9.17, 15) is 18.8 Å². The van der Waals surface area contributed by atoms with Crippen LogP contribution in [0.4, 0.5) is 19.3 Å². The number of carbonyl (C=O) groups excluding carboxylic acids is 1. The molecule has 1 aliphatic heterocycles. The first-order valence-corrected chi connectivity index (χ1v) is 10.6. The van der Waals surface area contributed by atoms with E-state index in [1.54, 1.807) is 17.1 Å². The van der Waals surface area contributed by atoms with Crippen LogP contribution in [0.15, 0.2) is 24.7 Å². The molecule has 10 heteroatoms. The molecule has 2 fully saturated rings. The van der Waals surface area contributed by atoms with Crippen LogP contribution in [0.2, 0.25) is 0 Å². The summed E-state index contributed by atoms with van der Waals surface area (Å²) in [5, 5.41) is 14.1. The SMILES string of the molecule is Cn1cc(C2=C(C#N)c3c(N4CCN(C(=O)O[C@@H]5CCC5(F)F)CC4)ccnc3C2)cn1. The molecule has 0 bridgehead atoms. The topological polar surface area (TPSA) is 87.3 Å². The zero-order chi connectivity index (χ0) is 22.5. The number of ether oxygens (including phenoxy) is 1. The molecule has 2 aromatic heterocycles. The Balaban J connectivity index is 1.33. The van der Waals surface area contributed by atoms with E-state index >= 15 is 0 Å². The number of carbonyl (C=O) groups is 1. The molecule has 0 radical (unpaired) electrons. The molecule has 5 rings (SSSR count). The second-order valence-electron chi connectivity index (χ2n) is 8.34. The van der Waals surface area contributed by atoms with Gasteiger partial charge in [0.05, 0.1) is 17.5 Å². The summed E-state index contributed by atoms with van der Waals surface area (Å²) >= 11 is 0. The molecule has 0 unspecified atom stereocenters. The number of aromatic nitrogens is 3. The fourth-order valence-electron chi connectivity index (χ4n) is 4.47. The van der Waals surface area contributed by atoms with Gasteiger partial charge in [-0.15, -0.1) is 0 Å². The average molecular weight is 440 g/mol. The van der Waals surface area contributed by atoms with Gasteiger partial charge >= 0.3 is 6.09 Å². The Hall–Kier alpha value is -3.48. The first-order chi connectivity index (χ1) is 15.4. The number of aryl methyl sites for hydroxylation is 1. The first-order valence-electron chi connectivity index (χ1n) is 10.6. The second kappa shape index (κ2) is 7.58. The van der Waals surface area contributed by atoms with Gasteiger partial charge in [0.1, 0.15) is 6.07 Å². The fraction of sp³-hybridized carbons (Fsp3) is 0.455. The molecular weight excluding hydrogens is 418 g/mol. The fourth-order valence-corrected chi connectivity index (χ4v) is 4.47. The number of halogens is 2. The largest absolute Gasteiger partial charge is 0.440 e. The molecule has 1 atom stereocenters. The van der Waals surface area contributed by atoms with Crippen LogP contribution in [0.5, 0.6) is 0 Å². The van der Waals surface area contributed by atoms with E-state index in [0.717, 1.165) is 28.1 Å². The summed E-state index contributed by atoms with van der Waals surface area (Å²) in [6, 6.07) is 4.23. The highest BCUT2D eigenvalue weighted by Crippen LogP contribution is 2.42. The highest BCUT2D eigenvalue weighted by Gasteiger charge is 2.51. The molecule has 2 aromatic rings. The summed E-state index contributed by atoms with van der Waals surface area (Å²) in [6.07, 6.45) is 3.87. The Morgan fingerprint density at radius 2 is 2.09 bits per heavy atom. The van der Waals surface area contributed by atoms with Crippen molar-refractivity contribution in [3.05, 3.63) is 41.5 Å². The van der Waals surface area contributed by atoms with Gasteiger partial charge in [-0.1, -0.05) is 0 Å². The van der Waals surface area contributed by atoms with E-state index < -0.39 is 18.1 Å². The van der Waals surface area contributed by atoms with Crippen LogP contribution in [0.1, 0.15) is 29.7 Å². The second-order valence-corrected chi connectivity index (χ2v) is 8.34. The van der Waals surface area contributed by atoms with Crippen LogP contribution >= 0.6 is 0 Å². The Kier molecular flexibility index (Phi) is 4.84. The number of hydrogen-bond acceptors (Lipinski definition) is 6. The highest BCUT2D eigenvalue weighted by molar-refractivity contribution is 6.05. The molecule has 3 heterocycles. The monoisotopic (exact) mass is 440 g/mol. The van der Waals surface area contributed by atoms with Crippen molar-refractivity contribution in [2.45, 2.75) is 31.3 Å². The number of rotatable bonds is 3. The third-order valence-corrected chi connectivity index (χ3v) is 6.40. The van der Waals surface area contributed by atoms with Gasteiger partial charge in [-0.3, -0.25) is 9.67 Å². The minimum absolute atomic E-state index is 0.199. The molecule has 1 saturated carbocycles. The van der Waals surface area contributed by atoms with Gasteiger partial charge in [0.2, 0.25) is 0 Å². The summed E-state index contributed by atoms with van der Waals surface area (Å²) in [6.45, 7) is 1.73. The van der Waals surface area contributed by atoms with Crippen molar-refractivity contribution < 1.29 is 18.3 Å². The van der Waals surface area contributed by atoms with Crippen LogP contribution in [0.3, 0.4) is 0 Å². The molecule has 1 amide bonds. The van der Waals surface area contributed by atoms with E-state index in [0.29, 0.717) is 38.2 Å². The van der Waals surface area contributed by atoms with Crippen LogP contribution in [-0.4, -0.2) is 64.0 Å². The molecule has 0 N–H and O–H groups in total. The lowest BCUT2D eigenvalue weighted by atomic mass is 9.91. The Morgan fingerprint density at radius 1 is 1.31 bits per heavy atom. The van der Waals surface area contributed by atoms with Gasteiger partial charge in [0.25, 0.3) is 5.92 Å². The third kappa shape index (κ3) is 3.38. The van der Waals surface area contributed by atoms with Crippen molar-refractivity contribution in [3.8, 4) is 6.07 Å². The molecule has 8 nitrogen and oxygen atoms in total. The number of allylic oxidation sites excluding steroid dienone is 2. The number of piperazine rings is 1. The normalized spacial score (nSPS) is 21.8. The Morgan fingerprint density at radius 3 is 2.69 bits per heavy atom. The Labute approximate surface area is 183 Å². The van der Waals surface area contributed by atoms with Gasteiger partial charge in [0, 0.05) is 75.3 Å². The number of pyridine rings is 1. The van der Waals surface area contributed by atoms with Crippen LogP contribution in [0, 0.1) is 11.3 Å². The van der Waals surface area contributed by atoms with Crippen LogP contribution in [-0.2, 0) is 18.2 Å². The number of hydrogen-bond donors (Lipinski definition) is 0. The molecule has 0 aromatic carbocycles. The minimum atomic E-state index is -2.92. The zero-order valence-electron chi connectivity index (χ0n) is 17.6. The summed E-state index contributed by atoms with van der Waals surface area (Å²) in [5.41, 5.74) is 4.94. The molecular formula is C22H22F2N6O2. The highest BCUT2D eigenvalue weighted by atomic mass is 19.3. The summed E-state index contributed by atoms with van der Waals surface area (Å²) in [4.78, 5) is 20.4. The van der Waals surface area contributed by atoms with E-state index in [1.165, 1.54) is 4.90 Å². The van der Waals surface area contributed by atoms with Crippen molar-refractivity contribution in [1.29, 1.82) is 5.26 Å². The molecule has 166 valence electrons. The number of fused-ring (bicyclic) bond motifs is 1. The molecule has 32 heavy (non-hydrogen) atoms. The number of amides is 1. The van der Waals surface area contributed by atoms with Crippen molar-refractivity contribution in [2.75, 3.05) is 31.1 Å². The molecule has 1 saturated heterocycles. The lowest BCUT2D eigenvalue weighted by molar-refractivity contribution is -0.179. The average Bonchev–Trinajstić information content (AvgIpc) is 3.39. The molecule has 3 aliphatic rings. The third-order valence-electron chi connectivity index (χ3n) is 6.40. The lowest BCUT2D eigenvalue weighted by Gasteiger charge is -2.39. The predicted octanol–water partition coefficient (Wildman–Crippen LogP) is 2.86. The van der Waals surface area contributed by atoms with Crippen molar-refractivity contribution in [3.63, 3.8) is 0 Å². The van der Waals surface area contributed by atoms with Gasteiger partial charge in [-0.05, 0) is 18.1 Å². The maximum Gasteiger partial charge on any atom is 0.410 e. The minimum Gasteiger partial charge on any atom is -0.440 e. The number of anilines is 1. The zero-order valence-corrected chi connectivity index (χ0v) is 17.6. The van der Waals surface area contributed by atoms with Crippen LogP contribution < -0.4 is 4.90 Å². The maximum atomic E-state index is 13.4. The van der Waals surface area contributed by atoms with Crippen LogP contribution in [0.25, 0.3) is 11.1 Å². The van der Waals surface area contributed by atoms with Gasteiger partial charge < -0.3 is 14.5 Å². The number of nitriles is 1. The van der Waals surface area contributed by atoms with Crippen molar-refractivity contribution in [1.82, 2.24) is 19.7 Å². The van der Waals surface area contributed by atoms with E-state index in [1.807, 2.05) is 19.3 Å². The van der Waals surface area contributed by atoms with Crippen molar-refractivity contribution in [2.24, 2.45) is 7.05 Å². The summed E-state index contributed by atoms with van der Waals surface area (Å²) in [5.74, 6) is -2.92.